The van der Waals surface area contributed by atoms with E-state index in [4.69, 9.17) is 5.73 Å². The van der Waals surface area contributed by atoms with Crippen LogP contribution < -0.4 is 11.1 Å². The molecule has 3 nitrogen and oxygen atoms in total. The van der Waals surface area contributed by atoms with Gasteiger partial charge in [-0.25, -0.2) is 4.39 Å². The maximum Gasteiger partial charge on any atom is 0.260 e. The van der Waals surface area contributed by atoms with E-state index in [0.717, 1.165) is 12.0 Å². The molecule has 3 N–H and O–H groups in total. The molecule has 0 bridgehead atoms. The van der Waals surface area contributed by atoms with Crippen LogP contribution in [0.4, 0.5) is 15.8 Å². The van der Waals surface area contributed by atoms with Crippen molar-refractivity contribution in [2.45, 2.75) is 27.2 Å². The fourth-order valence-electron chi connectivity index (χ4n) is 2.35. The topological polar surface area (TPSA) is 55.1 Å². The van der Waals surface area contributed by atoms with E-state index in [-0.39, 0.29) is 16.7 Å². The molecule has 2 aromatic rings. The van der Waals surface area contributed by atoms with Crippen LogP contribution in [0.2, 0.25) is 0 Å². The molecule has 0 aliphatic rings. The summed E-state index contributed by atoms with van der Waals surface area (Å²) in [6, 6.07) is 11.8. The van der Waals surface area contributed by atoms with Crippen LogP contribution >= 0.6 is 0 Å². The number of nitrogens with two attached hydrogens (primary N) is 1. The van der Waals surface area contributed by atoms with Gasteiger partial charge in [0.2, 0.25) is 0 Å². The van der Waals surface area contributed by atoms with Crippen molar-refractivity contribution in [1.29, 1.82) is 0 Å². The third kappa shape index (κ3) is 4.07. The molecule has 4 heteroatoms. The van der Waals surface area contributed by atoms with Gasteiger partial charge in [0, 0.05) is 11.4 Å². The first-order chi connectivity index (χ1) is 10.3. The predicted octanol–water partition coefficient (Wildman–Crippen LogP) is 4.25. The minimum Gasteiger partial charge on any atom is -0.398 e. The molecular weight excluding hydrogens is 279 g/mol. The van der Waals surface area contributed by atoms with Gasteiger partial charge in [-0.3, -0.25) is 4.79 Å². The smallest absolute Gasteiger partial charge is 0.260 e. The van der Waals surface area contributed by atoms with Crippen molar-refractivity contribution < 1.29 is 9.18 Å². The van der Waals surface area contributed by atoms with E-state index >= 15 is 0 Å². The number of hydrogen-bond acceptors (Lipinski definition) is 2. The third-order valence-electron chi connectivity index (χ3n) is 3.19. The average Bonchev–Trinajstić information content (AvgIpc) is 2.36. The first-order valence-corrected chi connectivity index (χ1v) is 7.20. The van der Waals surface area contributed by atoms with Crippen LogP contribution in [0.5, 0.6) is 0 Å². The summed E-state index contributed by atoms with van der Waals surface area (Å²) >= 11 is 0. The number of anilines is 2. The maximum atomic E-state index is 13.8. The van der Waals surface area contributed by atoms with Crippen molar-refractivity contribution in [3.8, 4) is 0 Å². The highest BCUT2D eigenvalue weighted by Crippen LogP contribution is 2.23. The monoisotopic (exact) mass is 300 g/mol. The number of nitrogen functional groups attached to an aromatic ring is 1. The second-order valence-corrected chi connectivity index (χ2v) is 6.60. The van der Waals surface area contributed by atoms with Crippen molar-refractivity contribution in [2.75, 3.05) is 11.1 Å². The molecule has 0 aliphatic carbocycles. The number of carbonyl (C=O) groups is 1. The first-order valence-electron chi connectivity index (χ1n) is 7.20. The Morgan fingerprint density at radius 3 is 2.50 bits per heavy atom. The second-order valence-electron chi connectivity index (χ2n) is 6.60. The van der Waals surface area contributed by atoms with E-state index < -0.39 is 11.7 Å². The van der Waals surface area contributed by atoms with Gasteiger partial charge in [-0.1, -0.05) is 39.0 Å². The highest BCUT2D eigenvalue weighted by molar-refractivity contribution is 6.07. The molecule has 2 rings (SSSR count). The molecule has 0 radical (unpaired) electrons. The van der Waals surface area contributed by atoms with Crippen molar-refractivity contribution in [2.24, 2.45) is 5.41 Å². The largest absolute Gasteiger partial charge is 0.398 e. The first kappa shape index (κ1) is 16.0. The number of carbonyl (C=O) groups excluding carboxylic acids is 1. The van der Waals surface area contributed by atoms with Crippen LogP contribution in [0.3, 0.4) is 0 Å². The quantitative estimate of drug-likeness (QED) is 0.833. The summed E-state index contributed by atoms with van der Waals surface area (Å²) in [6.07, 6.45) is 0.887. The van der Waals surface area contributed by atoms with Crippen LogP contribution in [0.25, 0.3) is 0 Å². The van der Waals surface area contributed by atoms with Crippen molar-refractivity contribution >= 4 is 17.3 Å². The number of benzene rings is 2. The van der Waals surface area contributed by atoms with E-state index in [1.165, 1.54) is 18.2 Å². The number of amides is 1. The Labute approximate surface area is 130 Å². The lowest BCUT2D eigenvalue weighted by atomic mass is 9.88. The number of hydrogen-bond donors (Lipinski definition) is 2. The lowest BCUT2D eigenvalue weighted by Gasteiger charge is -2.18. The zero-order chi connectivity index (χ0) is 16.3. The Kier molecular flexibility index (Phi) is 4.50. The predicted molar refractivity (Wildman–Crippen MR) is 88.4 cm³/mol. The molecule has 0 atom stereocenters. The molecule has 0 aromatic heterocycles. The third-order valence-corrected chi connectivity index (χ3v) is 3.19. The fourth-order valence-corrected chi connectivity index (χ4v) is 2.35. The molecule has 0 heterocycles. The van der Waals surface area contributed by atoms with Crippen molar-refractivity contribution in [3.63, 3.8) is 0 Å². The number of nitrogens with one attached hydrogen (secondary N) is 1. The van der Waals surface area contributed by atoms with E-state index in [1.54, 1.807) is 6.07 Å². The van der Waals surface area contributed by atoms with Crippen LogP contribution in [-0.4, -0.2) is 5.91 Å². The standard InChI is InChI=1S/C18H21FN2O/c1-18(2,3)11-12-6-4-7-13(10-12)21-17(22)16-14(19)8-5-9-15(16)20/h4-10H,11,20H2,1-3H3,(H,21,22). The summed E-state index contributed by atoms with van der Waals surface area (Å²) in [5, 5.41) is 2.71. The molecule has 0 unspecified atom stereocenters. The van der Waals surface area contributed by atoms with Gasteiger partial charge in [0.15, 0.2) is 0 Å². The molecule has 22 heavy (non-hydrogen) atoms. The van der Waals surface area contributed by atoms with Gasteiger partial charge in [0.25, 0.3) is 5.91 Å². The summed E-state index contributed by atoms with van der Waals surface area (Å²) < 4.78 is 13.8. The van der Waals surface area contributed by atoms with Gasteiger partial charge < -0.3 is 11.1 Å². The summed E-state index contributed by atoms with van der Waals surface area (Å²) in [5.41, 5.74) is 7.60. The summed E-state index contributed by atoms with van der Waals surface area (Å²) in [7, 11) is 0. The number of rotatable bonds is 3. The van der Waals surface area contributed by atoms with Gasteiger partial charge in [0.05, 0.1) is 5.56 Å². The second kappa shape index (κ2) is 6.18. The van der Waals surface area contributed by atoms with Gasteiger partial charge in [-0.15, -0.1) is 0 Å². The van der Waals surface area contributed by atoms with Crippen molar-refractivity contribution in [1.82, 2.24) is 0 Å². The van der Waals surface area contributed by atoms with Crippen LogP contribution in [0, 0.1) is 11.2 Å². The lowest BCUT2D eigenvalue weighted by Crippen LogP contribution is -2.16. The van der Waals surface area contributed by atoms with Crippen LogP contribution in [-0.2, 0) is 6.42 Å². The van der Waals surface area contributed by atoms with Crippen LogP contribution in [0.15, 0.2) is 42.5 Å². The molecular formula is C18H21FN2O. The van der Waals surface area contributed by atoms with E-state index in [9.17, 15) is 9.18 Å². The Balaban J connectivity index is 2.20. The zero-order valence-electron chi connectivity index (χ0n) is 13.1. The summed E-state index contributed by atoms with van der Waals surface area (Å²) in [5.74, 6) is -1.16. The average molecular weight is 300 g/mol. The fraction of sp³-hybridized carbons (Fsp3) is 0.278. The zero-order valence-corrected chi connectivity index (χ0v) is 13.1. The van der Waals surface area contributed by atoms with Crippen molar-refractivity contribution in [3.05, 3.63) is 59.4 Å². The summed E-state index contributed by atoms with van der Waals surface area (Å²) in [4.78, 5) is 12.2. The normalized spacial score (nSPS) is 11.3. The maximum absolute atomic E-state index is 13.8. The lowest BCUT2D eigenvalue weighted by molar-refractivity contribution is 0.102. The molecule has 0 saturated carbocycles. The minimum atomic E-state index is -0.622. The summed E-state index contributed by atoms with van der Waals surface area (Å²) in [6.45, 7) is 6.45. The SMILES string of the molecule is CC(C)(C)Cc1cccc(NC(=O)c2c(N)cccc2F)c1. The highest BCUT2D eigenvalue weighted by Gasteiger charge is 2.16. The Morgan fingerprint density at radius 1 is 1.18 bits per heavy atom. The Morgan fingerprint density at radius 2 is 1.86 bits per heavy atom. The number of halogens is 1. The Bertz CT molecular complexity index is 669. The molecule has 0 aliphatic heterocycles. The molecule has 0 spiro atoms. The molecule has 116 valence electrons. The molecule has 0 saturated heterocycles. The Hall–Kier alpha value is -2.36. The van der Waals surface area contributed by atoms with Gasteiger partial charge in [-0.2, -0.15) is 0 Å². The van der Waals surface area contributed by atoms with Gasteiger partial charge >= 0.3 is 0 Å². The van der Waals surface area contributed by atoms with E-state index in [2.05, 4.69) is 26.1 Å². The van der Waals surface area contributed by atoms with Gasteiger partial charge in [-0.05, 0) is 41.7 Å². The molecule has 0 fully saturated rings. The van der Waals surface area contributed by atoms with Gasteiger partial charge in [0.1, 0.15) is 5.82 Å². The highest BCUT2D eigenvalue weighted by atomic mass is 19.1. The van der Waals surface area contributed by atoms with E-state index in [0.29, 0.717) is 5.69 Å². The minimum absolute atomic E-state index is 0.122. The van der Waals surface area contributed by atoms with E-state index in [1.807, 2.05) is 18.2 Å². The molecule has 1 amide bonds. The molecule has 2 aromatic carbocycles. The van der Waals surface area contributed by atoms with Crippen LogP contribution in [0.1, 0.15) is 36.7 Å².